The van der Waals surface area contributed by atoms with Gasteiger partial charge in [-0.1, -0.05) is 49.7 Å². The number of halogens is 1. The molecule has 8 nitrogen and oxygen atoms in total. The molecule has 1 aromatic heterocycles. The van der Waals surface area contributed by atoms with Gasteiger partial charge >= 0.3 is 0 Å². The van der Waals surface area contributed by atoms with Crippen LogP contribution in [0.25, 0.3) is 11.0 Å². The van der Waals surface area contributed by atoms with Gasteiger partial charge in [0.25, 0.3) is 11.8 Å². The molecule has 0 spiro atoms. The lowest BCUT2D eigenvalue weighted by Gasteiger charge is -2.18. The van der Waals surface area contributed by atoms with Crippen LogP contribution in [0.15, 0.2) is 54.6 Å². The molecule has 5 N–H and O–H groups in total. The van der Waals surface area contributed by atoms with Gasteiger partial charge in [-0.15, -0.1) is 0 Å². The molecule has 2 amide bonds. The number of nitrogens with one attached hydrogen (secondary N) is 4. The average molecular weight is 520 g/mol. The van der Waals surface area contributed by atoms with E-state index in [0.717, 1.165) is 11.1 Å². The quantitative estimate of drug-likeness (QED) is 0.202. The number of H-pyrrole nitrogens is 1. The first-order valence-corrected chi connectivity index (χ1v) is 12.4. The number of anilines is 3. The number of nitrogens with zero attached hydrogens (tertiary/aromatic N) is 1. The molecule has 0 aliphatic rings. The Morgan fingerprint density at radius 3 is 2.43 bits per heavy atom. The Morgan fingerprint density at radius 1 is 1.00 bits per heavy atom. The van der Waals surface area contributed by atoms with Crippen molar-refractivity contribution in [3.63, 3.8) is 0 Å². The van der Waals surface area contributed by atoms with E-state index < -0.39 is 5.91 Å². The zero-order valence-corrected chi connectivity index (χ0v) is 21.9. The van der Waals surface area contributed by atoms with Crippen molar-refractivity contribution in [2.24, 2.45) is 5.92 Å². The molecule has 9 heteroatoms. The van der Waals surface area contributed by atoms with E-state index in [1.165, 1.54) is 0 Å². The molecule has 0 saturated heterocycles. The van der Waals surface area contributed by atoms with Gasteiger partial charge in [-0.05, 0) is 61.2 Å². The molecule has 1 atom stereocenters. The molecule has 0 unspecified atom stereocenters. The predicted octanol–water partition coefficient (Wildman–Crippen LogP) is 5.77. The number of hydrogen-bond donors (Lipinski definition) is 5. The fourth-order valence-electron chi connectivity index (χ4n) is 3.99. The van der Waals surface area contributed by atoms with E-state index in [1.807, 2.05) is 39.8 Å². The molecular weight excluding hydrogens is 490 g/mol. The first-order chi connectivity index (χ1) is 17.7. The highest BCUT2D eigenvalue weighted by atomic mass is 35.5. The molecule has 0 fully saturated rings. The average Bonchev–Trinajstić information content (AvgIpc) is 3.27. The lowest BCUT2D eigenvalue weighted by Crippen LogP contribution is -2.29. The summed E-state index contributed by atoms with van der Waals surface area (Å²) in [5.74, 6) is -0.121. The van der Waals surface area contributed by atoms with Crippen LogP contribution in [0.2, 0.25) is 5.02 Å². The number of imidazole rings is 1. The van der Waals surface area contributed by atoms with Crippen molar-refractivity contribution in [3.8, 4) is 0 Å². The van der Waals surface area contributed by atoms with Crippen LogP contribution in [0.1, 0.15) is 45.7 Å². The fourth-order valence-corrected chi connectivity index (χ4v) is 4.16. The van der Waals surface area contributed by atoms with Crippen molar-refractivity contribution < 1.29 is 14.7 Å². The summed E-state index contributed by atoms with van der Waals surface area (Å²) in [5.41, 5.74) is 4.38. The fraction of sp³-hybridized carbons (Fsp3) is 0.250. The third-order valence-corrected chi connectivity index (χ3v) is 6.73. The molecular formula is C28H30ClN5O3. The van der Waals surface area contributed by atoms with E-state index in [9.17, 15) is 14.7 Å². The molecule has 1 heterocycles. The third kappa shape index (κ3) is 5.76. The van der Waals surface area contributed by atoms with Gasteiger partial charge < -0.3 is 26.0 Å². The number of fused-ring (bicyclic) bond motifs is 1. The number of aromatic amines is 1. The van der Waals surface area contributed by atoms with E-state index >= 15 is 0 Å². The summed E-state index contributed by atoms with van der Waals surface area (Å²) < 4.78 is 0. The number of carbonyl (C=O) groups is 2. The third-order valence-electron chi connectivity index (χ3n) is 6.32. The van der Waals surface area contributed by atoms with Crippen molar-refractivity contribution in [1.82, 2.24) is 9.97 Å². The Hall–Kier alpha value is -3.88. The number of carbonyl (C=O) groups excluding carboxylic acids is 2. The van der Waals surface area contributed by atoms with E-state index in [2.05, 4.69) is 25.9 Å². The number of benzene rings is 3. The van der Waals surface area contributed by atoms with Crippen molar-refractivity contribution in [2.75, 3.05) is 22.6 Å². The van der Waals surface area contributed by atoms with Gasteiger partial charge in [0.15, 0.2) is 0 Å². The van der Waals surface area contributed by atoms with Crippen molar-refractivity contribution >= 4 is 51.8 Å². The summed E-state index contributed by atoms with van der Waals surface area (Å²) in [5, 5.41) is 19.3. The van der Waals surface area contributed by atoms with Crippen LogP contribution in [0, 0.1) is 19.8 Å². The van der Waals surface area contributed by atoms with Crippen LogP contribution in [-0.2, 0) is 0 Å². The van der Waals surface area contributed by atoms with Crippen LogP contribution >= 0.6 is 11.6 Å². The number of hydrogen-bond acceptors (Lipinski definition) is 5. The lowest BCUT2D eigenvalue weighted by atomic mass is 10.1. The molecule has 0 aliphatic carbocycles. The summed E-state index contributed by atoms with van der Waals surface area (Å²) in [7, 11) is 0. The van der Waals surface area contributed by atoms with Crippen molar-refractivity contribution in [2.45, 2.75) is 33.7 Å². The van der Waals surface area contributed by atoms with E-state index in [1.54, 1.807) is 42.5 Å². The number of aromatic nitrogens is 2. The zero-order valence-electron chi connectivity index (χ0n) is 21.1. The second kappa shape index (κ2) is 11.0. The van der Waals surface area contributed by atoms with Gasteiger partial charge in [0.2, 0.25) is 5.95 Å². The maximum Gasteiger partial charge on any atom is 0.258 e. The van der Waals surface area contributed by atoms with Crippen molar-refractivity contribution in [3.05, 3.63) is 81.9 Å². The molecule has 37 heavy (non-hydrogen) atoms. The highest BCUT2D eigenvalue weighted by Gasteiger charge is 2.20. The summed E-state index contributed by atoms with van der Waals surface area (Å²) in [6.45, 7) is 7.59. The topological polar surface area (TPSA) is 119 Å². The van der Waals surface area contributed by atoms with Gasteiger partial charge in [0, 0.05) is 22.0 Å². The predicted molar refractivity (Wildman–Crippen MR) is 149 cm³/mol. The maximum atomic E-state index is 13.5. The SMILES string of the molecule is Cc1ccccc1C(=O)Nc1cc(C(=O)Nc2cccc(Cl)c2C)c2nc(N[C@H](CO)C(C)C)[nH]c2c1. The minimum atomic E-state index is -0.400. The monoisotopic (exact) mass is 519 g/mol. The van der Waals surface area contributed by atoms with Gasteiger partial charge in [-0.25, -0.2) is 4.98 Å². The van der Waals surface area contributed by atoms with Crippen LogP contribution in [0.3, 0.4) is 0 Å². The highest BCUT2D eigenvalue weighted by molar-refractivity contribution is 6.31. The number of rotatable bonds is 8. The Bertz CT molecular complexity index is 1460. The molecule has 0 radical (unpaired) electrons. The zero-order chi connectivity index (χ0) is 26.7. The van der Waals surface area contributed by atoms with Gasteiger partial charge in [-0.2, -0.15) is 0 Å². The van der Waals surface area contributed by atoms with E-state index in [-0.39, 0.29) is 30.0 Å². The number of aliphatic hydroxyl groups excluding tert-OH is 1. The summed E-state index contributed by atoms with van der Waals surface area (Å²) in [4.78, 5) is 34.2. The first-order valence-electron chi connectivity index (χ1n) is 12.0. The normalized spacial score (nSPS) is 12.0. The molecule has 0 aliphatic heterocycles. The van der Waals surface area contributed by atoms with Gasteiger partial charge in [-0.3, -0.25) is 9.59 Å². The second-order valence-electron chi connectivity index (χ2n) is 9.32. The van der Waals surface area contributed by atoms with E-state index in [4.69, 9.17) is 11.6 Å². The molecule has 0 bridgehead atoms. The molecule has 0 saturated carbocycles. The summed E-state index contributed by atoms with van der Waals surface area (Å²) in [6, 6.07) is 15.7. The smallest absolute Gasteiger partial charge is 0.258 e. The number of aliphatic hydroxyl groups is 1. The second-order valence-corrected chi connectivity index (χ2v) is 9.73. The summed E-state index contributed by atoms with van der Waals surface area (Å²) in [6.07, 6.45) is 0. The Balaban J connectivity index is 1.74. The van der Waals surface area contributed by atoms with Crippen molar-refractivity contribution in [1.29, 1.82) is 0 Å². The van der Waals surface area contributed by atoms with Gasteiger partial charge in [0.1, 0.15) is 5.52 Å². The Kier molecular flexibility index (Phi) is 7.80. The summed E-state index contributed by atoms with van der Waals surface area (Å²) >= 11 is 6.24. The van der Waals surface area contributed by atoms with E-state index in [0.29, 0.717) is 38.9 Å². The van der Waals surface area contributed by atoms with Crippen LogP contribution in [0.4, 0.5) is 17.3 Å². The minimum absolute atomic E-state index is 0.0756. The number of amides is 2. The molecule has 4 aromatic rings. The number of aryl methyl sites for hydroxylation is 1. The maximum absolute atomic E-state index is 13.5. The van der Waals surface area contributed by atoms with Crippen LogP contribution < -0.4 is 16.0 Å². The standard InChI is InChI=1S/C28H30ClN5O3/c1-15(2)24(14-35)33-28-32-23-13-18(30-26(36)19-9-6-5-8-16(19)3)12-20(25(23)34-28)27(37)31-22-11-7-10-21(29)17(22)4/h5-13,15,24,35H,14H2,1-4H3,(H,30,36)(H,31,37)(H2,32,33,34)/t24-/m1/s1. The lowest BCUT2D eigenvalue weighted by molar-refractivity contribution is 0.101. The minimum Gasteiger partial charge on any atom is -0.394 e. The highest BCUT2D eigenvalue weighted by Crippen LogP contribution is 2.28. The Morgan fingerprint density at radius 2 is 1.73 bits per heavy atom. The molecule has 192 valence electrons. The van der Waals surface area contributed by atoms with Crippen LogP contribution in [-0.4, -0.2) is 39.5 Å². The Labute approximate surface area is 220 Å². The first kappa shape index (κ1) is 26.2. The molecule has 3 aromatic carbocycles. The van der Waals surface area contributed by atoms with Gasteiger partial charge in [0.05, 0.1) is 23.7 Å². The van der Waals surface area contributed by atoms with Crippen LogP contribution in [0.5, 0.6) is 0 Å². The molecule has 4 rings (SSSR count). The largest absolute Gasteiger partial charge is 0.394 e.